The van der Waals surface area contributed by atoms with Gasteiger partial charge in [0.15, 0.2) is 0 Å². The Balaban J connectivity index is 1.93. The van der Waals surface area contributed by atoms with Crippen LogP contribution < -0.4 is 0 Å². The largest absolute Gasteiger partial charge is 0.444 e. The van der Waals surface area contributed by atoms with Crippen LogP contribution >= 0.6 is 0 Å². The first kappa shape index (κ1) is 14.8. The molecule has 1 amide bonds. The highest BCUT2D eigenvalue weighted by Gasteiger charge is 2.28. The maximum absolute atomic E-state index is 13.7. The number of halogens is 1. The summed E-state index contributed by atoms with van der Waals surface area (Å²) in [5, 5.41) is 0. The van der Waals surface area contributed by atoms with E-state index < -0.39 is 5.60 Å². The van der Waals surface area contributed by atoms with Gasteiger partial charge in [-0.15, -0.1) is 0 Å². The monoisotopic (exact) mass is 279 g/mol. The average molecular weight is 279 g/mol. The van der Waals surface area contributed by atoms with Gasteiger partial charge in [-0.05, 0) is 51.2 Å². The van der Waals surface area contributed by atoms with Gasteiger partial charge < -0.3 is 9.64 Å². The highest BCUT2D eigenvalue weighted by Crippen LogP contribution is 2.30. The van der Waals surface area contributed by atoms with E-state index in [1.54, 1.807) is 11.0 Å². The van der Waals surface area contributed by atoms with Crippen molar-refractivity contribution >= 4 is 6.09 Å². The molecule has 1 fully saturated rings. The summed E-state index contributed by atoms with van der Waals surface area (Å²) >= 11 is 0. The first-order valence-corrected chi connectivity index (χ1v) is 7.09. The predicted molar refractivity (Wildman–Crippen MR) is 76.2 cm³/mol. The summed E-state index contributed by atoms with van der Waals surface area (Å²) in [6.45, 7) is 6.81. The highest BCUT2D eigenvalue weighted by molar-refractivity contribution is 5.68. The fraction of sp³-hybridized carbons (Fsp3) is 0.562. The average Bonchev–Trinajstić information content (AvgIpc) is 2.37. The van der Waals surface area contributed by atoms with Crippen molar-refractivity contribution in [2.45, 2.75) is 45.1 Å². The number of rotatable bonds is 1. The van der Waals surface area contributed by atoms with Crippen LogP contribution in [0.3, 0.4) is 0 Å². The first-order valence-electron chi connectivity index (χ1n) is 7.09. The Kier molecular flexibility index (Phi) is 4.31. The molecule has 1 aliphatic heterocycles. The fourth-order valence-corrected chi connectivity index (χ4v) is 2.51. The standard InChI is InChI=1S/C16H22FNO2/c1-16(2,3)20-15(19)18-10-8-12(9-11-18)13-6-4-5-7-14(13)17/h4-7,12H,8-11H2,1-3H3. The molecule has 2 rings (SSSR count). The highest BCUT2D eigenvalue weighted by atomic mass is 19.1. The van der Waals surface area contributed by atoms with E-state index in [1.807, 2.05) is 32.9 Å². The molecule has 0 spiro atoms. The van der Waals surface area contributed by atoms with Gasteiger partial charge in [0.1, 0.15) is 11.4 Å². The van der Waals surface area contributed by atoms with Crippen LogP contribution in [0.4, 0.5) is 9.18 Å². The van der Waals surface area contributed by atoms with E-state index in [1.165, 1.54) is 6.07 Å². The van der Waals surface area contributed by atoms with Gasteiger partial charge in [0, 0.05) is 13.1 Å². The number of hydrogen-bond donors (Lipinski definition) is 0. The fourth-order valence-electron chi connectivity index (χ4n) is 2.51. The molecular formula is C16H22FNO2. The second-order valence-electron chi connectivity index (χ2n) is 6.26. The zero-order valence-corrected chi connectivity index (χ0v) is 12.4. The van der Waals surface area contributed by atoms with Crippen molar-refractivity contribution in [3.05, 3.63) is 35.6 Å². The third-order valence-corrected chi connectivity index (χ3v) is 3.49. The molecule has 1 aromatic rings. The number of carbonyl (C=O) groups is 1. The number of likely N-dealkylation sites (tertiary alicyclic amines) is 1. The van der Waals surface area contributed by atoms with E-state index in [2.05, 4.69) is 0 Å². The van der Waals surface area contributed by atoms with Crippen molar-refractivity contribution < 1.29 is 13.9 Å². The molecule has 0 aromatic heterocycles. The molecule has 0 saturated carbocycles. The van der Waals surface area contributed by atoms with Crippen molar-refractivity contribution in [2.24, 2.45) is 0 Å². The molecule has 1 aliphatic rings. The predicted octanol–water partition coefficient (Wildman–Crippen LogP) is 3.94. The third-order valence-electron chi connectivity index (χ3n) is 3.49. The number of benzene rings is 1. The van der Waals surface area contributed by atoms with Crippen molar-refractivity contribution in [1.82, 2.24) is 4.90 Å². The molecule has 1 heterocycles. The molecule has 0 unspecified atom stereocenters. The number of hydrogen-bond acceptors (Lipinski definition) is 2. The molecular weight excluding hydrogens is 257 g/mol. The molecule has 3 nitrogen and oxygen atoms in total. The number of ether oxygens (including phenoxy) is 1. The van der Waals surface area contributed by atoms with Gasteiger partial charge in [0.05, 0.1) is 0 Å². The van der Waals surface area contributed by atoms with E-state index >= 15 is 0 Å². The maximum Gasteiger partial charge on any atom is 0.410 e. The summed E-state index contributed by atoms with van der Waals surface area (Å²) < 4.78 is 19.1. The SMILES string of the molecule is CC(C)(C)OC(=O)N1CCC(c2ccccc2F)CC1. The first-order chi connectivity index (χ1) is 9.37. The van der Waals surface area contributed by atoms with Crippen LogP contribution in [0.2, 0.25) is 0 Å². The topological polar surface area (TPSA) is 29.5 Å². The third kappa shape index (κ3) is 3.71. The van der Waals surface area contributed by atoms with Crippen LogP contribution in [0.15, 0.2) is 24.3 Å². The van der Waals surface area contributed by atoms with Crippen LogP contribution in [0, 0.1) is 5.82 Å². The van der Waals surface area contributed by atoms with Crippen molar-refractivity contribution in [1.29, 1.82) is 0 Å². The Bertz CT molecular complexity index is 474. The van der Waals surface area contributed by atoms with Gasteiger partial charge in [0.25, 0.3) is 0 Å². The van der Waals surface area contributed by atoms with Crippen molar-refractivity contribution in [3.8, 4) is 0 Å². The molecule has 0 atom stereocenters. The van der Waals surface area contributed by atoms with Gasteiger partial charge in [-0.1, -0.05) is 18.2 Å². The second-order valence-corrected chi connectivity index (χ2v) is 6.26. The minimum atomic E-state index is -0.473. The van der Waals surface area contributed by atoms with Crippen LogP contribution in [-0.4, -0.2) is 29.7 Å². The molecule has 0 bridgehead atoms. The lowest BCUT2D eigenvalue weighted by Crippen LogP contribution is -2.41. The smallest absolute Gasteiger partial charge is 0.410 e. The van der Waals surface area contributed by atoms with E-state index in [9.17, 15) is 9.18 Å². The van der Waals surface area contributed by atoms with Crippen LogP contribution in [0.1, 0.15) is 45.1 Å². The molecule has 1 saturated heterocycles. The molecule has 0 radical (unpaired) electrons. The lowest BCUT2D eigenvalue weighted by atomic mass is 9.89. The van der Waals surface area contributed by atoms with Crippen molar-refractivity contribution in [3.63, 3.8) is 0 Å². The van der Waals surface area contributed by atoms with Crippen LogP contribution in [-0.2, 0) is 4.74 Å². The van der Waals surface area contributed by atoms with Gasteiger partial charge in [-0.2, -0.15) is 0 Å². The summed E-state index contributed by atoms with van der Waals surface area (Å²) in [4.78, 5) is 13.7. The summed E-state index contributed by atoms with van der Waals surface area (Å²) in [5.74, 6) is 0.0399. The molecule has 0 N–H and O–H groups in total. The minimum Gasteiger partial charge on any atom is -0.444 e. The molecule has 0 aliphatic carbocycles. The van der Waals surface area contributed by atoms with Gasteiger partial charge >= 0.3 is 6.09 Å². The Morgan fingerprint density at radius 3 is 2.40 bits per heavy atom. The van der Waals surface area contributed by atoms with Crippen LogP contribution in [0.25, 0.3) is 0 Å². The van der Waals surface area contributed by atoms with E-state index in [4.69, 9.17) is 4.74 Å². The quantitative estimate of drug-likeness (QED) is 0.779. The number of carbonyl (C=O) groups excluding carboxylic acids is 1. The summed E-state index contributed by atoms with van der Waals surface area (Å²) in [6, 6.07) is 6.89. The zero-order valence-electron chi connectivity index (χ0n) is 12.4. The molecule has 20 heavy (non-hydrogen) atoms. The Morgan fingerprint density at radius 2 is 1.85 bits per heavy atom. The van der Waals surface area contributed by atoms with Gasteiger partial charge in [-0.3, -0.25) is 0 Å². The van der Waals surface area contributed by atoms with E-state index in [-0.39, 0.29) is 17.8 Å². The maximum atomic E-state index is 13.7. The van der Waals surface area contributed by atoms with Crippen LogP contribution in [0.5, 0.6) is 0 Å². The summed E-state index contributed by atoms with van der Waals surface area (Å²) in [6.07, 6.45) is 1.28. The summed E-state index contributed by atoms with van der Waals surface area (Å²) in [5.41, 5.74) is 0.288. The molecule has 4 heteroatoms. The lowest BCUT2D eigenvalue weighted by Gasteiger charge is -2.33. The molecule has 110 valence electrons. The number of nitrogens with zero attached hydrogens (tertiary/aromatic N) is 1. The minimum absolute atomic E-state index is 0.150. The Morgan fingerprint density at radius 1 is 1.25 bits per heavy atom. The Hall–Kier alpha value is -1.58. The second kappa shape index (κ2) is 5.81. The lowest BCUT2D eigenvalue weighted by molar-refractivity contribution is 0.0204. The Labute approximate surface area is 119 Å². The van der Waals surface area contributed by atoms with E-state index in [0.29, 0.717) is 13.1 Å². The summed E-state index contributed by atoms with van der Waals surface area (Å²) in [7, 11) is 0. The zero-order chi connectivity index (χ0) is 14.8. The normalized spacial score (nSPS) is 17.1. The van der Waals surface area contributed by atoms with Gasteiger partial charge in [0.2, 0.25) is 0 Å². The number of amides is 1. The van der Waals surface area contributed by atoms with Gasteiger partial charge in [-0.25, -0.2) is 9.18 Å². The van der Waals surface area contributed by atoms with Crippen molar-refractivity contribution in [2.75, 3.05) is 13.1 Å². The molecule has 1 aromatic carbocycles. The number of piperidine rings is 1. The van der Waals surface area contributed by atoms with E-state index in [0.717, 1.165) is 18.4 Å².